The minimum absolute atomic E-state index is 0.335. The Bertz CT molecular complexity index is 1230. The predicted octanol–water partition coefficient (Wildman–Crippen LogP) is 5.00. The first-order chi connectivity index (χ1) is 15.3. The highest BCUT2D eigenvalue weighted by Gasteiger charge is 2.29. The van der Waals surface area contributed by atoms with E-state index in [1.54, 1.807) is 37.3 Å². The summed E-state index contributed by atoms with van der Waals surface area (Å²) in [5, 5.41) is 3.21. The van der Waals surface area contributed by atoms with Gasteiger partial charge in [0.15, 0.2) is 0 Å². The number of anilines is 1. The van der Waals surface area contributed by atoms with Crippen LogP contribution in [0.2, 0.25) is 0 Å². The van der Waals surface area contributed by atoms with E-state index in [4.69, 9.17) is 9.47 Å². The van der Waals surface area contributed by atoms with Gasteiger partial charge in [-0.15, -0.1) is 11.3 Å². The molecular formula is C24H20FNO5S. The normalized spacial score (nSPS) is 15.0. The van der Waals surface area contributed by atoms with E-state index < -0.39 is 23.9 Å². The zero-order valence-electron chi connectivity index (χ0n) is 17.7. The van der Waals surface area contributed by atoms with Crippen molar-refractivity contribution < 1.29 is 28.2 Å². The Labute approximate surface area is 188 Å². The maximum absolute atomic E-state index is 13.2. The maximum Gasteiger partial charge on any atom is 0.341 e. The van der Waals surface area contributed by atoms with E-state index in [0.29, 0.717) is 39.2 Å². The predicted molar refractivity (Wildman–Crippen MR) is 118 cm³/mol. The molecule has 0 saturated heterocycles. The van der Waals surface area contributed by atoms with Crippen LogP contribution in [0.1, 0.15) is 58.7 Å². The number of carbonyl (C=O) groups excluding carboxylic acids is 3. The van der Waals surface area contributed by atoms with Gasteiger partial charge in [0.05, 0.1) is 18.2 Å². The highest BCUT2D eigenvalue weighted by molar-refractivity contribution is 7.16. The third-order valence-electron chi connectivity index (χ3n) is 5.49. The van der Waals surface area contributed by atoms with E-state index in [1.165, 1.54) is 30.6 Å². The molecule has 4 rings (SSSR count). The van der Waals surface area contributed by atoms with Gasteiger partial charge in [0, 0.05) is 16.9 Å². The van der Waals surface area contributed by atoms with Crippen molar-refractivity contribution in [1.29, 1.82) is 0 Å². The number of rotatable bonds is 4. The third-order valence-corrected chi connectivity index (χ3v) is 6.61. The van der Waals surface area contributed by atoms with Crippen molar-refractivity contribution >= 4 is 34.2 Å². The molecule has 6 nitrogen and oxygen atoms in total. The van der Waals surface area contributed by atoms with Crippen LogP contribution in [0.25, 0.3) is 0 Å². The molecule has 164 valence electrons. The van der Waals surface area contributed by atoms with Crippen molar-refractivity contribution in [3.05, 3.63) is 86.5 Å². The second-order valence-electron chi connectivity index (χ2n) is 7.45. The molecule has 1 aliphatic heterocycles. The van der Waals surface area contributed by atoms with E-state index in [2.05, 4.69) is 5.32 Å². The highest BCUT2D eigenvalue weighted by atomic mass is 32.1. The van der Waals surface area contributed by atoms with Gasteiger partial charge in [-0.3, -0.25) is 4.79 Å². The average molecular weight is 453 g/mol. The first kappa shape index (κ1) is 21.7. The summed E-state index contributed by atoms with van der Waals surface area (Å²) in [5.74, 6) is -1.79. The van der Waals surface area contributed by atoms with Crippen molar-refractivity contribution in [2.75, 3.05) is 12.4 Å². The summed E-state index contributed by atoms with van der Waals surface area (Å²) in [5.41, 5.74) is 3.16. The van der Waals surface area contributed by atoms with Crippen molar-refractivity contribution in [3.63, 3.8) is 0 Å². The van der Waals surface area contributed by atoms with Crippen molar-refractivity contribution in [2.24, 2.45) is 0 Å². The minimum Gasteiger partial charge on any atom is -0.465 e. The molecule has 1 aliphatic rings. The van der Waals surface area contributed by atoms with Crippen LogP contribution >= 0.6 is 11.3 Å². The average Bonchev–Trinajstić information content (AvgIpc) is 3.06. The van der Waals surface area contributed by atoms with Crippen LogP contribution in [-0.2, 0) is 15.9 Å². The van der Waals surface area contributed by atoms with Crippen LogP contribution in [-0.4, -0.2) is 25.0 Å². The molecular weight excluding hydrogens is 433 g/mol. The lowest BCUT2D eigenvalue weighted by Crippen LogP contribution is -2.23. The van der Waals surface area contributed by atoms with Crippen molar-refractivity contribution in [2.45, 2.75) is 26.4 Å². The minimum atomic E-state index is -0.567. The zero-order valence-corrected chi connectivity index (χ0v) is 18.5. The summed E-state index contributed by atoms with van der Waals surface area (Å²) in [6.45, 7) is 3.66. The van der Waals surface area contributed by atoms with E-state index >= 15 is 0 Å². The quantitative estimate of drug-likeness (QED) is 0.563. The van der Waals surface area contributed by atoms with Gasteiger partial charge in [-0.1, -0.05) is 12.1 Å². The first-order valence-electron chi connectivity index (χ1n) is 9.87. The smallest absolute Gasteiger partial charge is 0.341 e. The van der Waals surface area contributed by atoms with Gasteiger partial charge in [-0.2, -0.15) is 0 Å². The Morgan fingerprint density at radius 2 is 1.88 bits per heavy atom. The molecule has 8 heteroatoms. The Balaban J connectivity index is 1.61. The fourth-order valence-corrected chi connectivity index (χ4v) is 4.68. The Kier molecular flexibility index (Phi) is 5.80. The molecule has 2 aromatic carbocycles. The number of aryl methyl sites for hydroxylation is 1. The number of benzene rings is 2. The molecule has 0 aliphatic carbocycles. The molecule has 1 atom stereocenters. The summed E-state index contributed by atoms with van der Waals surface area (Å²) >= 11 is 1.30. The largest absolute Gasteiger partial charge is 0.465 e. The summed E-state index contributed by atoms with van der Waals surface area (Å²) in [6.07, 6.45) is -0.208. The Morgan fingerprint density at radius 1 is 1.16 bits per heavy atom. The second kappa shape index (κ2) is 8.55. The van der Waals surface area contributed by atoms with E-state index in [1.807, 2.05) is 6.92 Å². The number of ether oxygens (including phenoxy) is 2. The fourth-order valence-electron chi connectivity index (χ4n) is 3.64. The van der Waals surface area contributed by atoms with Crippen molar-refractivity contribution in [3.8, 4) is 0 Å². The lowest BCUT2D eigenvalue weighted by molar-refractivity contribution is 0.0252. The standard InChI is InChI=1S/C24H20FNO5S/c1-12-13(2)32-22(20(12)24(29)30-3)26-21(27)15-6-9-18-16(10-15)11-19(31-23(18)28)14-4-7-17(25)8-5-14/h4-10,19H,11H2,1-3H3,(H,26,27)/t19-/m0/s1. The van der Waals surface area contributed by atoms with Crippen LogP contribution in [0.4, 0.5) is 9.39 Å². The van der Waals surface area contributed by atoms with Gasteiger partial charge in [0.25, 0.3) is 5.91 Å². The molecule has 1 N–H and O–H groups in total. The van der Waals surface area contributed by atoms with Crippen LogP contribution in [0.15, 0.2) is 42.5 Å². The van der Waals surface area contributed by atoms with E-state index in [9.17, 15) is 18.8 Å². The number of cyclic esters (lactones) is 1. The lowest BCUT2D eigenvalue weighted by atomic mass is 9.93. The summed E-state index contributed by atoms with van der Waals surface area (Å²) in [7, 11) is 1.29. The number of fused-ring (bicyclic) bond motifs is 1. The summed E-state index contributed by atoms with van der Waals surface area (Å²) < 4.78 is 23.6. The molecule has 1 aromatic heterocycles. The van der Waals surface area contributed by atoms with Gasteiger partial charge >= 0.3 is 11.9 Å². The van der Waals surface area contributed by atoms with E-state index in [-0.39, 0.29) is 5.82 Å². The van der Waals surface area contributed by atoms with Gasteiger partial charge in [-0.05, 0) is 60.9 Å². The molecule has 32 heavy (non-hydrogen) atoms. The molecule has 2 heterocycles. The SMILES string of the molecule is COC(=O)c1c(NC(=O)c2ccc3c(c2)C[C@@H](c2ccc(F)cc2)OC3=O)sc(C)c1C. The molecule has 3 aromatic rings. The molecule has 0 unspecified atom stereocenters. The second-order valence-corrected chi connectivity index (χ2v) is 8.68. The number of carbonyl (C=O) groups is 3. The topological polar surface area (TPSA) is 81.7 Å². The number of hydrogen-bond acceptors (Lipinski definition) is 6. The van der Waals surface area contributed by atoms with Crippen LogP contribution in [0.5, 0.6) is 0 Å². The maximum atomic E-state index is 13.2. The fraction of sp³-hybridized carbons (Fsp3) is 0.208. The van der Waals surface area contributed by atoms with Gasteiger partial charge < -0.3 is 14.8 Å². The number of thiophene rings is 1. The number of halogens is 1. The van der Waals surface area contributed by atoms with Gasteiger partial charge in [-0.25, -0.2) is 14.0 Å². The molecule has 0 saturated carbocycles. The number of amides is 1. The van der Waals surface area contributed by atoms with Gasteiger partial charge in [0.1, 0.15) is 16.9 Å². The summed E-state index contributed by atoms with van der Waals surface area (Å²) in [4.78, 5) is 38.5. The zero-order chi connectivity index (χ0) is 23.0. The molecule has 0 radical (unpaired) electrons. The van der Waals surface area contributed by atoms with Crippen LogP contribution < -0.4 is 5.32 Å². The lowest BCUT2D eigenvalue weighted by Gasteiger charge is -2.25. The van der Waals surface area contributed by atoms with Crippen molar-refractivity contribution in [1.82, 2.24) is 0 Å². The van der Waals surface area contributed by atoms with Gasteiger partial charge in [0.2, 0.25) is 0 Å². The molecule has 0 spiro atoms. The number of hydrogen-bond donors (Lipinski definition) is 1. The molecule has 0 fully saturated rings. The number of methoxy groups -OCH3 is 1. The first-order valence-corrected chi connectivity index (χ1v) is 10.7. The third kappa shape index (κ3) is 4.01. The van der Waals surface area contributed by atoms with E-state index in [0.717, 1.165) is 10.4 Å². The number of nitrogens with one attached hydrogen (secondary N) is 1. The Hall–Kier alpha value is -3.52. The number of esters is 2. The summed E-state index contributed by atoms with van der Waals surface area (Å²) in [6, 6.07) is 10.5. The Morgan fingerprint density at radius 3 is 2.56 bits per heavy atom. The van der Waals surface area contributed by atoms with Crippen LogP contribution in [0.3, 0.4) is 0 Å². The highest BCUT2D eigenvalue weighted by Crippen LogP contribution is 2.34. The monoisotopic (exact) mass is 453 g/mol. The molecule has 0 bridgehead atoms. The van der Waals surface area contributed by atoms with Crippen LogP contribution in [0, 0.1) is 19.7 Å². The molecule has 1 amide bonds.